The van der Waals surface area contributed by atoms with Gasteiger partial charge in [0.2, 0.25) is 0 Å². The van der Waals surface area contributed by atoms with Gasteiger partial charge in [0.05, 0.1) is 27.6 Å². The molecule has 0 aliphatic heterocycles. The van der Waals surface area contributed by atoms with Crippen LogP contribution >= 0.6 is 0 Å². The lowest BCUT2D eigenvalue weighted by Gasteiger charge is -2.08. The van der Waals surface area contributed by atoms with Crippen LogP contribution in [-0.2, 0) is 7.05 Å². The zero-order valence-corrected chi connectivity index (χ0v) is 17.2. The molecule has 0 aliphatic carbocycles. The van der Waals surface area contributed by atoms with Crippen LogP contribution in [0.4, 0.5) is 5.82 Å². The number of nitrogen functional groups attached to an aromatic ring is 1. The second-order valence-electron chi connectivity index (χ2n) is 7.80. The second-order valence-corrected chi connectivity index (χ2v) is 7.80. The number of para-hydroxylation sites is 4. The van der Waals surface area contributed by atoms with Gasteiger partial charge < -0.3 is 10.3 Å². The van der Waals surface area contributed by atoms with Crippen molar-refractivity contribution in [2.75, 3.05) is 5.73 Å². The van der Waals surface area contributed by atoms with E-state index in [2.05, 4.69) is 41.8 Å². The summed E-state index contributed by atoms with van der Waals surface area (Å²) in [5, 5.41) is 0. The Morgan fingerprint density at radius 2 is 1.39 bits per heavy atom. The Kier molecular flexibility index (Phi) is 3.65. The number of hydrogen-bond donors (Lipinski definition) is 1. The second kappa shape index (κ2) is 6.40. The molecule has 0 spiro atoms. The largest absolute Gasteiger partial charge is 0.384 e. The van der Waals surface area contributed by atoms with Crippen LogP contribution in [0.3, 0.4) is 0 Å². The van der Waals surface area contributed by atoms with E-state index >= 15 is 0 Å². The first kappa shape index (κ1) is 17.7. The maximum atomic E-state index is 6.80. The van der Waals surface area contributed by atoms with Crippen LogP contribution in [0.1, 0.15) is 5.56 Å². The number of aromatic nitrogens is 5. The third-order valence-electron chi connectivity index (χ3n) is 5.80. The minimum atomic E-state index is 0.576. The Bertz CT molecular complexity index is 1610. The molecule has 6 nitrogen and oxygen atoms in total. The van der Waals surface area contributed by atoms with Crippen molar-refractivity contribution < 1.29 is 0 Å². The van der Waals surface area contributed by atoms with E-state index in [1.807, 2.05) is 54.1 Å². The summed E-state index contributed by atoms with van der Waals surface area (Å²) in [5.41, 5.74) is 14.8. The number of fused-ring (bicyclic) bond motifs is 3. The smallest absolute Gasteiger partial charge is 0.166 e. The Labute approximate surface area is 178 Å². The zero-order valence-electron chi connectivity index (χ0n) is 17.2. The van der Waals surface area contributed by atoms with Crippen molar-refractivity contribution in [3.63, 3.8) is 0 Å². The van der Waals surface area contributed by atoms with Gasteiger partial charge in [0, 0.05) is 12.7 Å². The molecule has 150 valence electrons. The van der Waals surface area contributed by atoms with Crippen molar-refractivity contribution in [3.05, 3.63) is 78.4 Å². The average molecular weight is 404 g/mol. The predicted molar refractivity (Wildman–Crippen MR) is 125 cm³/mol. The van der Waals surface area contributed by atoms with Crippen LogP contribution < -0.4 is 5.73 Å². The van der Waals surface area contributed by atoms with Gasteiger partial charge in [-0.15, -0.1) is 0 Å². The standard InChI is InChI=1S/C25H20N6/c1-15-11-13-16(14-12-15)31-23(26)21(24-29-19-9-5-6-10-20(19)30(24)2)22-25(31)28-18-8-4-3-7-17(18)27-22/h3-14H,26H2,1-2H3. The number of anilines is 1. The van der Waals surface area contributed by atoms with Gasteiger partial charge >= 0.3 is 0 Å². The molecule has 0 radical (unpaired) electrons. The molecule has 6 aromatic rings. The summed E-state index contributed by atoms with van der Waals surface area (Å²) in [6.45, 7) is 2.07. The highest BCUT2D eigenvalue weighted by Crippen LogP contribution is 2.38. The molecule has 2 N–H and O–H groups in total. The van der Waals surface area contributed by atoms with E-state index in [1.165, 1.54) is 5.56 Å². The van der Waals surface area contributed by atoms with Crippen molar-refractivity contribution in [2.45, 2.75) is 6.92 Å². The maximum absolute atomic E-state index is 6.80. The summed E-state index contributed by atoms with van der Waals surface area (Å²) in [4.78, 5) is 14.8. The van der Waals surface area contributed by atoms with Crippen LogP contribution in [0.2, 0.25) is 0 Å². The van der Waals surface area contributed by atoms with Crippen molar-refractivity contribution in [1.29, 1.82) is 0 Å². The maximum Gasteiger partial charge on any atom is 0.166 e. The number of imidazole rings is 1. The van der Waals surface area contributed by atoms with Crippen LogP contribution in [0, 0.1) is 6.92 Å². The molecule has 0 unspecified atom stereocenters. The first-order valence-electron chi connectivity index (χ1n) is 10.2. The van der Waals surface area contributed by atoms with Gasteiger partial charge in [-0.25, -0.2) is 15.0 Å². The minimum Gasteiger partial charge on any atom is -0.384 e. The molecule has 6 heteroatoms. The highest BCUT2D eigenvalue weighted by atomic mass is 15.1. The number of nitrogens with zero attached hydrogens (tertiary/aromatic N) is 5. The third-order valence-corrected chi connectivity index (χ3v) is 5.80. The van der Waals surface area contributed by atoms with E-state index in [0.717, 1.165) is 50.3 Å². The van der Waals surface area contributed by atoms with Gasteiger partial charge in [-0.05, 0) is 43.3 Å². The van der Waals surface area contributed by atoms with Gasteiger partial charge in [-0.1, -0.05) is 42.0 Å². The zero-order chi connectivity index (χ0) is 21.1. The average Bonchev–Trinajstić information content (AvgIpc) is 3.26. The number of hydrogen-bond acceptors (Lipinski definition) is 4. The van der Waals surface area contributed by atoms with Crippen LogP contribution in [-0.4, -0.2) is 24.1 Å². The molecule has 3 aromatic heterocycles. The van der Waals surface area contributed by atoms with Crippen molar-refractivity contribution in [2.24, 2.45) is 7.05 Å². The van der Waals surface area contributed by atoms with E-state index in [0.29, 0.717) is 5.82 Å². The van der Waals surface area contributed by atoms with Gasteiger partial charge in [0.1, 0.15) is 17.2 Å². The Hall–Kier alpha value is -4.19. The highest BCUT2D eigenvalue weighted by Gasteiger charge is 2.24. The molecular formula is C25H20N6. The topological polar surface area (TPSA) is 74.6 Å². The van der Waals surface area contributed by atoms with E-state index in [4.69, 9.17) is 20.7 Å². The van der Waals surface area contributed by atoms with Crippen molar-refractivity contribution in [1.82, 2.24) is 24.1 Å². The molecule has 0 saturated heterocycles. The molecule has 3 heterocycles. The molecule has 0 saturated carbocycles. The third kappa shape index (κ3) is 2.55. The Morgan fingerprint density at radius 3 is 2.10 bits per heavy atom. The Morgan fingerprint density at radius 1 is 0.742 bits per heavy atom. The summed E-state index contributed by atoms with van der Waals surface area (Å²) in [6, 6.07) is 24.2. The van der Waals surface area contributed by atoms with Crippen LogP contribution in [0.15, 0.2) is 72.8 Å². The molecule has 0 bridgehead atoms. The fourth-order valence-electron chi connectivity index (χ4n) is 4.21. The molecule has 0 atom stereocenters. The quantitative estimate of drug-likeness (QED) is 0.440. The molecule has 0 fully saturated rings. The summed E-state index contributed by atoms with van der Waals surface area (Å²) in [6.07, 6.45) is 0. The molecule has 3 aromatic carbocycles. The van der Waals surface area contributed by atoms with Crippen molar-refractivity contribution in [3.8, 4) is 17.1 Å². The van der Waals surface area contributed by atoms with Gasteiger partial charge in [0.15, 0.2) is 5.65 Å². The summed E-state index contributed by atoms with van der Waals surface area (Å²) < 4.78 is 4.04. The van der Waals surface area contributed by atoms with E-state index in [-0.39, 0.29) is 0 Å². The number of rotatable bonds is 2. The predicted octanol–water partition coefficient (Wildman–Crippen LogP) is 5.02. The molecular weight excluding hydrogens is 384 g/mol. The minimum absolute atomic E-state index is 0.576. The lowest BCUT2D eigenvalue weighted by Crippen LogP contribution is -2.02. The van der Waals surface area contributed by atoms with E-state index in [9.17, 15) is 0 Å². The lowest BCUT2D eigenvalue weighted by molar-refractivity contribution is 0.960. The Balaban J connectivity index is 1.76. The molecule has 6 rings (SSSR count). The summed E-state index contributed by atoms with van der Waals surface area (Å²) >= 11 is 0. The van der Waals surface area contributed by atoms with E-state index < -0.39 is 0 Å². The van der Waals surface area contributed by atoms with Crippen LogP contribution in [0.5, 0.6) is 0 Å². The summed E-state index contributed by atoms with van der Waals surface area (Å²) in [7, 11) is 2.01. The monoisotopic (exact) mass is 404 g/mol. The van der Waals surface area contributed by atoms with Gasteiger partial charge in [0.25, 0.3) is 0 Å². The first-order chi connectivity index (χ1) is 15.1. The normalized spacial score (nSPS) is 11.7. The fourth-order valence-corrected chi connectivity index (χ4v) is 4.21. The van der Waals surface area contributed by atoms with Crippen LogP contribution in [0.25, 0.3) is 50.3 Å². The fraction of sp³-hybridized carbons (Fsp3) is 0.0800. The molecule has 0 amide bonds. The van der Waals surface area contributed by atoms with Gasteiger partial charge in [-0.3, -0.25) is 4.57 Å². The summed E-state index contributed by atoms with van der Waals surface area (Å²) in [5.74, 6) is 1.35. The van der Waals surface area contributed by atoms with Crippen molar-refractivity contribution >= 4 is 39.0 Å². The highest BCUT2D eigenvalue weighted by molar-refractivity contribution is 6.02. The van der Waals surface area contributed by atoms with E-state index in [1.54, 1.807) is 0 Å². The number of nitrogens with two attached hydrogens (primary N) is 1. The first-order valence-corrected chi connectivity index (χ1v) is 10.2. The lowest BCUT2D eigenvalue weighted by atomic mass is 10.2. The van der Waals surface area contributed by atoms with Gasteiger partial charge in [-0.2, -0.15) is 0 Å². The SMILES string of the molecule is Cc1ccc(-n2c(N)c(-c3nc4ccccc4n3C)c3nc4ccccc4nc32)cc1. The molecule has 31 heavy (non-hydrogen) atoms. The number of aryl methyl sites for hydroxylation is 2. The molecule has 0 aliphatic rings. The number of benzene rings is 3.